The summed E-state index contributed by atoms with van der Waals surface area (Å²) in [6, 6.07) is 14.5. The highest BCUT2D eigenvalue weighted by Crippen LogP contribution is 2.21. The van der Waals surface area contributed by atoms with Gasteiger partial charge >= 0.3 is 0 Å². The number of rotatable bonds is 7. The van der Waals surface area contributed by atoms with E-state index >= 15 is 0 Å². The lowest BCUT2D eigenvalue weighted by atomic mass is 10.1. The van der Waals surface area contributed by atoms with E-state index in [4.69, 9.17) is 10.8 Å². The third-order valence-corrected chi connectivity index (χ3v) is 3.40. The summed E-state index contributed by atoms with van der Waals surface area (Å²) < 4.78 is 14.0. The number of aliphatic hydroxyl groups excluding tert-OH is 1. The molecule has 0 fully saturated rings. The smallest absolute Gasteiger partial charge is 0.146 e. The van der Waals surface area contributed by atoms with Crippen molar-refractivity contribution in [2.24, 2.45) is 5.73 Å². The van der Waals surface area contributed by atoms with Gasteiger partial charge in [0.2, 0.25) is 0 Å². The molecule has 0 aliphatic carbocycles. The minimum atomic E-state index is -0.221. The van der Waals surface area contributed by atoms with Crippen LogP contribution in [0.3, 0.4) is 0 Å². The van der Waals surface area contributed by atoms with Gasteiger partial charge in [-0.2, -0.15) is 0 Å². The molecule has 0 unspecified atom stereocenters. The van der Waals surface area contributed by atoms with Gasteiger partial charge in [-0.1, -0.05) is 36.4 Å². The molecule has 112 valence electrons. The maximum atomic E-state index is 14.0. The lowest BCUT2D eigenvalue weighted by Gasteiger charge is -2.25. The summed E-state index contributed by atoms with van der Waals surface area (Å²) in [5.74, 6) is -0.221. The fourth-order valence-corrected chi connectivity index (χ4v) is 2.25. The average molecular weight is 288 g/mol. The number of anilines is 1. The topological polar surface area (TPSA) is 49.5 Å². The van der Waals surface area contributed by atoms with E-state index in [0.717, 1.165) is 17.5 Å². The summed E-state index contributed by atoms with van der Waals surface area (Å²) in [5, 5.41) is 9.07. The molecule has 0 aromatic heterocycles. The van der Waals surface area contributed by atoms with Crippen molar-refractivity contribution in [1.29, 1.82) is 0 Å². The van der Waals surface area contributed by atoms with Crippen molar-refractivity contribution in [3.8, 4) is 0 Å². The van der Waals surface area contributed by atoms with Crippen molar-refractivity contribution in [3.05, 3.63) is 65.5 Å². The fourth-order valence-electron chi connectivity index (χ4n) is 2.25. The van der Waals surface area contributed by atoms with E-state index in [9.17, 15) is 4.39 Å². The van der Waals surface area contributed by atoms with Gasteiger partial charge in [0.15, 0.2) is 0 Å². The molecule has 0 saturated heterocycles. The molecule has 0 radical (unpaired) electrons. The molecule has 4 heteroatoms. The normalized spacial score (nSPS) is 10.6. The van der Waals surface area contributed by atoms with E-state index in [2.05, 4.69) is 0 Å². The molecule has 0 spiro atoms. The summed E-state index contributed by atoms with van der Waals surface area (Å²) in [5.41, 5.74) is 8.12. The van der Waals surface area contributed by atoms with Crippen molar-refractivity contribution in [1.82, 2.24) is 0 Å². The van der Waals surface area contributed by atoms with Gasteiger partial charge in [-0.15, -0.1) is 0 Å². The highest BCUT2D eigenvalue weighted by molar-refractivity contribution is 5.48. The third-order valence-electron chi connectivity index (χ3n) is 3.40. The summed E-state index contributed by atoms with van der Waals surface area (Å²) in [6.45, 7) is 1.94. The van der Waals surface area contributed by atoms with E-state index < -0.39 is 0 Å². The van der Waals surface area contributed by atoms with E-state index in [1.165, 1.54) is 6.07 Å². The van der Waals surface area contributed by atoms with Gasteiger partial charge in [-0.05, 0) is 36.2 Å². The Morgan fingerprint density at radius 2 is 1.67 bits per heavy atom. The molecule has 3 nitrogen and oxygen atoms in total. The van der Waals surface area contributed by atoms with Crippen LogP contribution in [0.4, 0.5) is 10.1 Å². The number of nitrogens with zero attached hydrogens (tertiary/aromatic N) is 1. The van der Waals surface area contributed by atoms with E-state index in [0.29, 0.717) is 25.3 Å². The van der Waals surface area contributed by atoms with Crippen LogP contribution < -0.4 is 10.6 Å². The molecular formula is C17H21FN2O. The van der Waals surface area contributed by atoms with Crippen LogP contribution in [0.25, 0.3) is 0 Å². The zero-order chi connectivity index (χ0) is 15.1. The summed E-state index contributed by atoms with van der Waals surface area (Å²) in [4.78, 5) is 2.00. The molecule has 0 atom stereocenters. The van der Waals surface area contributed by atoms with Crippen LogP contribution >= 0.6 is 0 Å². The molecule has 0 aliphatic heterocycles. The van der Waals surface area contributed by atoms with Crippen LogP contribution in [0.5, 0.6) is 0 Å². The molecule has 21 heavy (non-hydrogen) atoms. The largest absolute Gasteiger partial charge is 0.392 e. The number of nitrogens with two attached hydrogens (primary N) is 1. The summed E-state index contributed by atoms with van der Waals surface area (Å²) in [7, 11) is 0. The molecule has 2 aromatic rings. The zero-order valence-electron chi connectivity index (χ0n) is 12.0. The molecule has 0 bridgehead atoms. The Morgan fingerprint density at radius 1 is 1.00 bits per heavy atom. The summed E-state index contributed by atoms with van der Waals surface area (Å²) >= 11 is 0. The highest BCUT2D eigenvalue weighted by atomic mass is 19.1. The molecule has 3 N–H and O–H groups in total. The second-order valence-corrected chi connectivity index (χ2v) is 4.99. The first kappa shape index (κ1) is 15.5. The Balaban J connectivity index is 2.17. The first-order valence-electron chi connectivity index (χ1n) is 7.13. The van der Waals surface area contributed by atoms with Crippen LogP contribution in [0.15, 0.2) is 48.5 Å². The lowest BCUT2D eigenvalue weighted by molar-refractivity contribution is 0.282. The number of aliphatic hydroxyl groups is 1. The molecule has 2 rings (SSSR count). The number of hydrogen-bond acceptors (Lipinski definition) is 3. The van der Waals surface area contributed by atoms with E-state index in [1.807, 2.05) is 35.2 Å². The van der Waals surface area contributed by atoms with Gasteiger partial charge in [0.05, 0.1) is 12.3 Å². The number of para-hydroxylation sites is 1. The first-order chi connectivity index (χ1) is 10.2. The van der Waals surface area contributed by atoms with Gasteiger partial charge in [0.1, 0.15) is 5.82 Å². The van der Waals surface area contributed by atoms with Gasteiger partial charge < -0.3 is 15.7 Å². The van der Waals surface area contributed by atoms with Gasteiger partial charge in [0, 0.05) is 13.1 Å². The minimum Gasteiger partial charge on any atom is -0.392 e. The van der Waals surface area contributed by atoms with Crippen molar-refractivity contribution < 1.29 is 9.50 Å². The van der Waals surface area contributed by atoms with Crippen molar-refractivity contribution in [2.75, 3.05) is 18.0 Å². The van der Waals surface area contributed by atoms with Crippen LogP contribution in [0.2, 0.25) is 0 Å². The average Bonchev–Trinajstić information content (AvgIpc) is 2.53. The second kappa shape index (κ2) is 7.76. The SMILES string of the molecule is NCCCN(Cc1ccc(CO)cc1)c1ccccc1F. The lowest BCUT2D eigenvalue weighted by Crippen LogP contribution is -2.26. The standard InChI is InChI=1S/C17H21FN2O/c18-16-4-1-2-5-17(16)20(11-3-10-19)12-14-6-8-15(13-21)9-7-14/h1-2,4-9,21H,3,10-13,19H2. The Hall–Kier alpha value is -1.91. The number of halogens is 1. The van der Waals surface area contributed by atoms with Crippen molar-refractivity contribution in [3.63, 3.8) is 0 Å². The Bertz CT molecular complexity index is 557. The second-order valence-electron chi connectivity index (χ2n) is 4.99. The molecule has 0 amide bonds. The molecule has 0 aliphatic rings. The van der Waals surface area contributed by atoms with E-state index in [1.54, 1.807) is 12.1 Å². The monoisotopic (exact) mass is 288 g/mol. The Kier molecular flexibility index (Phi) is 5.72. The quantitative estimate of drug-likeness (QED) is 0.823. The van der Waals surface area contributed by atoms with Crippen molar-refractivity contribution in [2.45, 2.75) is 19.6 Å². The van der Waals surface area contributed by atoms with Gasteiger partial charge in [-0.25, -0.2) is 4.39 Å². The molecule has 0 heterocycles. The number of hydrogen-bond donors (Lipinski definition) is 2. The molecule has 2 aromatic carbocycles. The first-order valence-corrected chi connectivity index (χ1v) is 7.13. The van der Waals surface area contributed by atoms with Crippen LogP contribution in [0.1, 0.15) is 17.5 Å². The van der Waals surface area contributed by atoms with Crippen LogP contribution in [0, 0.1) is 5.82 Å². The number of benzene rings is 2. The minimum absolute atomic E-state index is 0.0322. The molecule has 0 saturated carbocycles. The summed E-state index contributed by atoms with van der Waals surface area (Å²) in [6.07, 6.45) is 0.809. The third kappa shape index (κ3) is 4.28. The Labute approximate surface area is 124 Å². The maximum Gasteiger partial charge on any atom is 0.146 e. The van der Waals surface area contributed by atoms with Crippen LogP contribution in [-0.4, -0.2) is 18.2 Å². The predicted octanol–water partition coefficient (Wildman–Crippen LogP) is 2.67. The molecular weight excluding hydrogens is 267 g/mol. The highest BCUT2D eigenvalue weighted by Gasteiger charge is 2.11. The van der Waals surface area contributed by atoms with Crippen LogP contribution in [-0.2, 0) is 13.2 Å². The van der Waals surface area contributed by atoms with E-state index in [-0.39, 0.29) is 12.4 Å². The Morgan fingerprint density at radius 3 is 2.29 bits per heavy atom. The van der Waals surface area contributed by atoms with Gasteiger partial charge in [-0.3, -0.25) is 0 Å². The maximum absolute atomic E-state index is 14.0. The van der Waals surface area contributed by atoms with Gasteiger partial charge in [0.25, 0.3) is 0 Å². The fraction of sp³-hybridized carbons (Fsp3) is 0.294. The predicted molar refractivity (Wildman–Crippen MR) is 83.5 cm³/mol. The zero-order valence-corrected chi connectivity index (χ0v) is 12.0. The van der Waals surface area contributed by atoms with Crippen molar-refractivity contribution >= 4 is 5.69 Å².